The third-order valence-electron chi connectivity index (χ3n) is 3.33. The molecule has 1 rings (SSSR count). The first-order valence-electron chi connectivity index (χ1n) is 6.21. The van der Waals surface area contributed by atoms with Gasteiger partial charge in [0.15, 0.2) is 0 Å². The second-order valence-corrected chi connectivity index (χ2v) is 5.04. The molecule has 0 radical (unpaired) electrons. The van der Waals surface area contributed by atoms with Crippen LogP contribution in [0.5, 0.6) is 0 Å². The van der Waals surface area contributed by atoms with Crippen LogP contribution in [0.2, 0.25) is 0 Å². The molecule has 0 aromatic heterocycles. The predicted octanol–water partition coefficient (Wildman–Crippen LogP) is 4.02. The van der Waals surface area contributed by atoms with E-state index in [1.54, 1.807) is 0 Å². The Kier molecular flexibility index (Phi) is 4.93. The molecule has 0 unspecified atom stereocenters. The fourth-order valence-corrected chi connectivity index (χ4v) is 2.03. The van der Waals surface area contributed by atoms with E-state index in [1.165, 1.54) is 37.0 Å². The maximum Gasteiger partial charge on any atom is 0.0258 e. The summed E-state index contributed by atoms with van der Waals surface area (Å²) in [7, 11) is 0. The highest BCUT2D eigenvalue weighted by molar-refractivity contribution is 5.03. The van der Waals surface area contributed by atoms with Gasteiger partial charge >= 0.3 is 0 Å². The molecular weight excluding hydrogens is 182 g/mol. The van der Waals surface area contributed by atoms with Crippen molar-refractivity contribution in [2.24, 2.45) is 5.92 Å². The van der Waals surface area contributed by atoms with E-state index >= 15 is 0 Å². The monoisotopic (exact) mass is 207 g/mol. The summed E-state index contributed by atoms with van der Waals surface area (Å²) in [5.74, 6) is 0.601. The Morgan fingerprint density at radius 2 is 1.80 bits per heavy atom. The SMILES string of the molecule is C=C(CCC(=C)C(C)C)NC1CCCC1. The van der Waals surface area contributed by atoms with Crippen LogP contribution in [0.4, 0.5) is 0 Å². The highest BCUT2D eigenvalue weighted by Gasteiger charge is 2.14. The number of rotatable bonds is 6. The van der Waals surface area contributed by atoms with Crippen LogP contribution in [-0.2, 0) is 0 Å². The molecule has 0 bridgehead atoms. The van der Waals surface area contributed by atoms with Crippen LogP contribution < -0.4 is 5.32 Å². The minimum absolute atomic E-state index is 0.601. The Bertz CT molecular complexity index is 221. The van der Waals surface area contributed by atoms with Crippen molar-refractivity contribution in [1.29, 1.82) is 0 Å². The van der Waals surface area contributed by atoms with Crippen LogP contribution in [0.15, 0.2) is 24.4 Å². The summed E-state index contributed by atoms with van der Waals surface area (Å²) in [4.78, 5) is 0. The number of allylic oxidation sites excluding steroid dienone is 2. The Hall–Kier alpha value is -0.720. The van der Waals surface area contributed by atoms with E-state index in [9.17, 15) is 0 Å². The molecule has 0 aliphatic heterocycles. The standard InChI is InChI=1S/C14H25N/c1-11(2)12(3)9-10-13(4)15-14-7-5-6-8-14/h11,14-15H,3-10H2,1-2H3. The van der Waals surface area contributed by atoms with E-state index < -0.39 is 0 Å². The first-order chi connectivity index (χ1) is 7.09. The van der Waals surface area contributed by atoms with Crippen molar-refractivity contribution in [3.05, 3.63) is 24.4 Å². The van der Waals surface area contributed by atoms with Crippen molar-refractivity contribution in [2.75, 3.05) is 0 Å². The zero-order chi connectivity index (χ0) is 11.3. The molecule has 0 spiro atoms. The first kappa shape index (κ1) is 12.4. The average Bonchev–Trinajstić information content (AvgIpc) is 2.66. The quantitative estimate of drug-likeness (QED) is 0.649. The Labute approximate surface area is 94.6 Å². The van der Waals surface area contributed by atoms with Crippen LogP contribution in [0.3, 0.4) is 0 Å². The van der Waals surface area contributed by atoms with Gasteiger partial charge in [0, 0.05) is 11.7 Å². The Morgan fingerprint density at radius 3 is 2.33 bits per heavy atom. The van der Waals surface area contributed by atoms with Gasteiger partial charge < -0.3 is 5.32 Å². The van der Waals surface area contributed by atoms with Gasteiger partial charge in [-0.25, -0.2) is 0 Å². The van der Waals surface area contributed by atoms with Gasteiger partial charge in [0.1, 0.15) is 0 Å². The fraction of sp³-hybridized carbons (Fsp3) is 0.714. The van der Waals surface area contributed by atoms with Gasteiger partial charge in [-0.05, 0) is 31.6 Å². The second-order valence-electron chi connectivity index (χ2n) is 5.04. The number of hydrogen-bond donors (Lipinski definition) is 1. The van der Waals surface area contributed by atoms with Gasteiger partial charge in [0.2, 0.25) is 0 Å². The van der Waals surface area contributed by atoms with Crippen molar-refractivity contribution in [1.82, 2.24) is 5.32 Å². The smallest absolute Gasteiger partial charge is 0.0258 e. The number of hydrogen-bond acceptors (Lipinski definition) is 1. The summed E-state index contributed by atoms with van der Waals surface area (Å²) in [6.45, 7) is 12.6. The third-order valence-corrected chi connectivity index (χ3v) is 3.33. The summed E-state index contributed by atoms with van der Waals surface area (Å²) < 4.78 is 0. The average molecular weight is 207 g/mol. The molecular formula is C14H25N. The molecule has 1 saturated carbocycles. The molecule has 0 amide bonds. The minimum atomic E-state index is 0.601. The van der Waals surface area contributed by atoms with Crippen molar-refractivity contribution in [2.45, 2.75) is 58.4 Å². The van der Waals surface area contributed by atoms with Crippen molar-refractivity contribution in [3.8, 4) is 0 Å². The van der Waals surface area contributed by atoms with Crippen LogP contribution in [0.1, 0.15) is 52.4 Å². The van der Waals surface area contributed by atoms with E-state index in [1.807, 2.05) is 0 Å². The molecule has 0 atom stereocenters. The first-order valence-corrected chi connectivity index (χ1v) is 6.21. The van der Waals surface area contributed by atoms with Crippen LogP contribution in [0.25, 0.3) is 0 Å². The van der Waals surface area contributed by atoms with Crippen molar-refractivity contribution >= 4 is 0 Å². The highest BCUT2D eigenvalue weighted by atomic mass is 14.9. The summed E-state index contributed by atoms with van der Waals surface area (Å²) in [5, 5.41) is 3.54. The molecule has 1 aliphatic carbocycles. The lowest BCUT2D eigenvalue weighted by Gasteiger charge is -2.17. The van der Waals surface area contributed by atoms with Gasteiger partial charge in [-0.2, -0.15) is 0 Å². The van der Waals surface area contributed by atoms with E-state index in [2.05, 4.69) is 32.3 Å². The lowest BCUT2D eigenvalue weighted by molar-refractivity contribution is 0.565. The molecule has 0 saturated heterocycles. The third kappa shape index (κ3) is 4.55. The minimum Gasteiger partial charge on any atom is -0.386 e. The molecule has 1 aliphatic rings. The molecule has 1 heteroatoms. The molecule has 1 N–H and O–H groups in total. The van der Waals surface area contributed by atoms with E-state index in [-0.39, 0.29) is 0 Å². The van der Waals surface area contributed by atoms with Gasteiger partial charge in [0.05, 0.1) is 0 Å². The lowest BCUT2D eigenvalue weighted by atomic mass is 9.99. The topological polar surface area (TPSA) is 12.0 Å². The number of nitrogens with one attached hydrogen (secondary N) is 1. The summed E-state index contributed by atoms with van der Waals surface area (Å²) in [6.07, 6.45) is 7.53. The van der Waals surface area contributed by atoms with Crippen LogP contribution in [-0.4, -0.2) is 6.04 Å². The highest BCUT2D eigenvalue weighted by Crippen LogP contribution is 2.20. The van der Waals surface area contributed by atoms with Crippen LogP contribution >= 0.6 is 0 Å². The Morgan fingerprint density at radius 1 is 1.20 bits per heavy atom. The lowest BCUT2D eigenvalue weighted by Crippen LogP contribution is -2.24. The molecule has 0 aromatic rings. The van der Waals surface area contributed by atoms with Gasteiger partial charge in [0.25, 0.3) is 0 Å². The zero-order valence-corrected chi connectivity index (χ0v) is 10.3. The zero-order valence-electron chi connectivity index (χ0n) is 10.3. The van der Waals surface area contributed by atoms with E-state index in [0.29, 0.717) is 12.0 Å². The fourth-order valence-electron chi connectivity index (χ4n) is 2.03. The molecule has 0 heterocycles. The second kappa shape index (κ2) is 5.99. The maximum atomic E-state index is 4.10. The molecule has 15 heavy (non-hydrogen) atoms. The van der Waals surface area contributed by atoms with Gasteiger partial charge in [-0.15, -0.1) is 0 Å². The summed E-state index contributed by atoms with van der Waals surface area (Å²) in [5.41, 5.74) is 2.54. The summed E-state index contributed by atoms with van der Waals surface area (Å²) in [6, 6.07) is 0.699. The Balaban J connectivity index is 2.15. The maximum absolute atomic E-state index is 4.10. The molecule has 1 nitrogen and oxygen atoms in total. The van der Waals surface area contributed by atoms with Gasteiger partial charge in [-0.1, -0.05) is 45.4 Å². The largest absolute Gasteiger partial charge is 0.386 e. The van der Waals surface area contributed by atoms with E-state index in [0.717, 1.165) is 12.8 Å². The van der Waals surface area contributed by atoms with Crippen LogP contribution in [0, 0.1) is 5.92 Å². The van der Waals surface area contributed by atoms with Crippen molar-refractivity contribution < 1.29 is 0 Å². The summed E-state index contributed by atoms with van der Waals surface area (Å²) >= 11 is 0. The van der Waals surface area contributed by atoms with Crippen molar-refractivity contribution in [3.63, 3.8) is 0 Å². The normalized spacial score (nSPS) is 17.0. The predicted molar refractivity (Wildman–Crippen MR) is 67.7 cm³/mol. The van der Waals surface area contributed by atoms with E-state index in [4.69, 9.17) is 0 Å². The molecule has 1 fully saturated rings. The molecule has 86 valence electrons. The van der Waals surface area contributed by atoms with Gasteiger partial charge in [-0.3, -0.25) is 0 Å². The molecule has 0 aromatic carbocycles.